The first-order valence-electron chi connectivity index (χ1n) is 6.49. The van der Waals surface area contributed by atoms with Gasteiger partial charge in [0, 0.05) is 12.1 Å². The quantitative estimate of drug-likeness (QED) is 0.502. The zero-order valence-electron chi connectivity index (χ0n) is 12.1. The minimum atomic E-state index is 0.429. The first kappa shape index (κ1) is 16.7. The molecule has 0 unspecified atom stereocenters. The van der Waals surface area contributed by atoms with Gasteiger partial charge in [0.05, 0.1) is 24.0 Å². The van der Waals surface area contributed by atoms with E-state index in [4.69, 9.17) is 35.4 Å². The Morgan fingerprint density at radius 3 is 2.68 bits per heavy atom. The van der Waals surface area contributed by atoms with Crippen LogP contribution >= 0.6 is 35.4 Å². The molecule has 2 rings (SSSR count). The molecule has 0 aliphatic heterocycles. The van der Waals surface area contributed by atoms with Gasteiger partial charge in [-0.15, -0.1) is 0 Å². The molecular formula is C14H15Cl2N5S. The molecule has 1 heterocycles. The van der Waals surface area contributed by atoms with E-state index in [9.17, 15) is 0 Å². The maximum atomic E-state index is 6.37. The SMILES string of the molecule is CNC(=S)NN=Cc1c(C)nn(Cc2ccc(Cl)cc2)c1Cl. The van der Waals surface area contributed by atoms with E-state index in [1.54, 1.807) is 17.9 Å². The smallest absolute Gasteiger partial charge is 0.186 e. The third-order valence-electron chi connectivity index (χ3n) is 2.94. The first-order chi connectivity index (χ1) is 10.5. The van der Waals surface area contributed by atoms with Crippen molar-refractivity contribution in [1.82, 2.24) is 20.5 Å². The lowest BCUT2D eigenvalue weighted by Crippen LogP contribution is -2.28. The Morgan fingerprint density at radius 2 is 2.05 bits per heavy atom. The molecule has 1 aromatic carbocycles. The van der Waals surface area contributed by atoms with E-state index in [0.717, 1.165) is 16.8 Å². The molecule has 8 heteroatoms. The maximum Gasteiger partial charge on any atom is 0.186 e. The number of thiocarbonyl (C=S) groups is 1. The van der Waals surface area contributed by atoms with E-state index < -0.39 is 0 Å². The van der Waals surface area contributed by atoms with Crippen LogP contribution < -0.4 is 10.7 Å². The fourth-order valence-corrected chi connectivity index (χ4v) is 2.25. The Kier molecular flexibility index (Phi) is 5.76. The van der Waals surface area contributed by atoms with Gasteiger partial charge in [0.1, 0.15) is 5.15 Å². The van der Waals surface area contributed by atoms with Crippen molar-refractivity contribution < 1.29 is 0 Å². The lowest BCUT2D eigenvalue weighted by molar-refractivity contribution is 0.680. The van der Waals surface area contributed by atoms with Crippen LogP contribution in [0.2, 0.25) is 10.2 Å². The number of rotatable bonds is 4. The summed E-state index contributed by atoms with van der Waals surface area (Å²) in [4.78, 5) is 0. The van der Waals surface area contributed by atoms with Crippen molar-refractivity contribution in [3.05, 3.63) is 51.3 Å². The summed E-state index contributed by atoms with van der Waals surface area (Å²) in [6, 6.07) is 7.56. The molecule has 0 aliphatic carbocycles. The largest absolute Gasteiger partial charge is 0.364 e. The van der Waals surface area contributed by atoms with Crippen LogP contribution in [-0.4, -0.2) is 28.2 Å². The summed E-state index contributed by atoms with van der Waals surface area (Å²) in [7, 11) is 1.72. The van der Waals surface area contributed by atoms with Gasteiger partial charge in [-0.2, -0.15) is 10.2 Å². The van der Waals surface area contributed by atoms with E-state index >= 15 is 0 Å². The Balaban J connectivity index is 2.16. The summed E-state index contributed by atoms with van der Waals surface area (Å²) in [6.07, 6.45) is 1.60. The Hall–Kier alpha value is -1.63. The van der Waals surface area contributed by atoms with Gasteiger partial charge < -0.3 is 5.32 Å². The molecule has 0 aliphatic rings. The molecule has 22 heavy (non-hydrogen) atoms. The first-order valence-corrected chi connectivity index (χ1v) is 7.66. The van der Waals surface area contributed by atoms with Crippen LogP contribution in [0, 0.1) is 6.92 Å². The summed E-state index contributed by atoms with van der Waals surface area (Å²) < 4.78 is 1.72. The molecule has 116 valence electrons. The minimum absolute atomic E-state index is 0.429. The average Bonchev–Trinajstić information content (AvgIpc) is 2.76. The number of hydrogen-bond acceptors (Lipinski definition) is 3. The van der Waals surface area contributed by atoms with Gasteiger partial charge in [-0.05, 0) is 36.8 Å². The van der Waals surface area contributed by atoms with Gasteiger partial charge in [0.15, 0.2) is 5.11 Å². The summed E-state index contributed by atoms with van der Waals surface area (Å²) in [5, 5.41) is 12.9. The lowest BCUT2D eigenvalue weighted by atomic mass is 10.2. The summed E-state index contributed by atoms with van der Waals surface area (Å²) in [5.41, 5.74) is 5.29. The highest BCUT2D eigenvalue weighted by Crippen LogP contribution is 2.19. The predicted molar refractivity (Wildman–Crippen MR) is 94.9 cm³/mol. The van der Waals surface area contributed by atoms with Gasteiger partial charge in [0.2, 0.25) is 0 Å². The van der Waals surface area contributed by atoms with Crippen LogP contribution in [0.25, 0.3) is 0 Å². The monoisotopic (exact) mass is 355 g/mol. The second-order valence-electron chi connectivity index (χ2n) is 4.52. The van der Waals surface area contributed by atoms with Gasteiger partial charge in [-0.1, -0.05) is 35.3 Å². The summed E-state index contributed by atoms with van der Waals surface area (Å²) in [5.74, 6) is 0. The standard InChI is InChI=1S/C14H15Cl2N5S/c1-9-12(7-18-19-14(22)17-2)13(16)21(20-9)8-10-3-5-11(15)6-4-10/h3-7H,8H2,1-2H3,(H2,17,19,22). The molecule has 0 saturated carbocycles. The zero-order chi connectivity index (χ0) is 16.1. The highest BCUT2D eigenvalue weighted by atomic mass is 35.5. The van der Waals surface area contributed by atoms with Crippen molar-refractivity contribution in [2.45, 2.75) is 13.5 Å². The number of hydrogen-bond donors (Lipinski definition) is 2. The second kappa shape index (κ2) is 7.58. The van der Waals surface area contributed by atoms with Crippen molar-refractivity contribution in [3.63, 3.8) is 0 Å². The maximum absolute atomic E-state index is 6.37. The third kappa shape index (κ3) is 4.19. The molecule has 5 nitrogen and oxygen atoms in total. The van der Waals surface area contributed by atoms with Crippen molar-refractivity contribution in [2.75, 3.05) is 7.05 Å². The van der Waals surface area contributed by atoms with Gasteiger partial charge >= 0.3 is 0 Å². The molecule has 2 N–H and O–H groups in total. The molecule has 0 fully saturated rings. The Bertz CT molecular complexity index is 694. The van der Waals surface area contributed by atoms with Gasteiger partial charge in [0.25, 0.3) is 0 Å². The van der Waals surface area contributed by atoms with Crippen LogP contribution in [-0.2, 0) is 6.54 Å². The molecule has 0 saturated heterocycles. The fraction of sp³-hybridized carbons (Fsp3) is 0.214. The number of aryl methyl sites for hydroxylation is 1. The van der Waals surface area contributed by atoms with Crippen LogP contribution in [0.4, 0.5) is 0 Å². The van der Waals surface area contributed by atoms with E-state index in [2.05, 4.69) is 20.9 Å². The Labute approximate surface area is 144 Å². The minimum Gasteiger partial charge on any atom is -0.364 e. The molecule has 0 bridgehead atoms. The topological polar surface area (TPSA) is 54.2 Å². The summed E-state index contributed by atoms with van der Waals surface area (Å²) in [6.45, 7) is 2.44. The zero-order valence-corrected chi connectivity index (χ0v) is 14.4. The normalized spacial score (nSPS) is 10.9. The average molecular weight is 356 g/mol. The van der Waals surface area contributed by atoms with E-state index in [1.807, 2.05) is 31.2 Å². The molecule has 0 amide bonds. The van der Waals surface area contributed by atoms with Crippen molar-refractivity contribution in [3.8, 4) is 0 Å². The Morgan fingerprint density at radius 1 is 1.36 bits per heavy atom. The van der Waals surface area contributed by atoms with E-state index in [0.29, 0.717) is 21.8 Å². The lowest BCUT2D eigenvalue weighted by Gasteiger charge is -2.03. The van der Waals surface area contributed by atoms with Crippen molar-refractivity contribution >= 4 is 46.7 Å². The molecular weight excluding hydrogens is 341 g/mol. The number of halogens is 2. The van der Waals surface area contributed by atoms with Gasteiger partial charge in [-0.25, -0.2) is 4.68 Å². The van der Waals surface area contributed by atoms with Crippen molar-refractivity contribution in [2.24, 2.45) is 5.10 Å². The molecule has 0 radical (unpaired) electrons. The van der Waals surface area contributed by atoms with Crippen LogP contribution in [0.3, 0.4) is 0 Å². The fourth-order valence-electron chi connectivity index (χ4n) is 1.79. The van der Waals surface area contributed by atoms with E-state index in [1.165, 1.54) is 0 Å². The highest BCUT2D eigenvalue weighted by Gasteiger charge is 2.12. The van der Waals surface area contributed by atoms with Crippen molar-refractivity contribution in [1.29, 1.82) is 0 Å². The number of aromatic nitrogens is 2. The number of nitrogens with zero attached hydrogens (tertiary/aromatic N) is 3. The molecule has 0 spiro atoms. The number of nitrogens with one attached hydrogen (secondary N) is 2. The predicted octanol–water partition coefficient (Wildman–Crippen LogP) is 2.97. The highest BCUT2D eigenvalue weighted by molar-refractivity contribution is 7.80. The molecule has 0 atom stereocenters. The van der Waals surface area contributed by atoms with Crippen LogP contribution in [0.1, 0.15) is 16.8 Å². The van der Waals surface area contributed by atoms with Gasteiger partial charge in [-0.3, -0.25) is 5.43 Å². The van der Waals surface area contributed by atoms with E-state index in [-0.39, 0.29) is 0 Å². The van der Waals surface area contributed by atoms with Crippen LogP contribution in [0.15, 0.2) is 29.4 Å². The molecule has 1 aromatic heterocycles. The third-order valence-corrected chi connectivity index (χ3v) is 3.89. The molecule has 2 aromatic rings. The number of benzene rings is 1. The summed E-state index contributed by atoms with van der Waals surface area (Å²) >= 11 is 17.2. The number of hydrazone groups is 1. The van der Waals surface area contributed by atoms with Crippen LogP contribution in [0.5, 0.6) is 0 Å². The second-order valence-corrected chi connectivity index (χ2v) is 5.73.